The molecule has 2 aromatic heterocycles. The van der Waals surface area contributed by atoms with Gasteiger partial charge in [-0.15, -0.1) is 0 Å². The van der Waals surface area contributed by atoms with E-state index in [1.54, 1.807) is 6.33 Å². The predicted molar refractivity (Wildman–Crippen MR) is 80.3 cm³/mol. The Labute approximate surface area is 121 Å². The lowest BCUT2D eigenvalue weighted by Crippen LogP contribution is -2.40. The number of fused-ring (bicyclic) bond motifs is 3. The molecular formula is C16H15N3O2. The highest BCUT2D eigenvalue weighted by molar-refractivity contribution is 6.05. The number of carbonyl (C=O) groups excluding carboxylic acids is 1. The van der Waals surface area contributed by atoms with Crippen LogP contribution in [-0.2, 0) is 4.79 Å². The molecule has 0 bridgehead atoms. The molecule has 1 atom stereocenters. The highest BCUT2D eigenvalue weighted by Gasteiger charge is 2.26. The van der Waals surface area contributed by atoms with Crippen LogP contribution in [0.25, 0.3) is 22.1 Å². The number of para-hydroxylation sites is 1. The van der Waals surface area contributed by atoms with Crippen LogP contribution in [-0.4, -0.2) is 28.8 Å². The van der Waals surface area contributed by atoms with Crippen LogP contribution in [0.3, 0.4) is 0 Å². The molecule has 106 valence electrons. The fourth-order valence-electron chi connectivity index (χ4n) is 2.94. The summed E-state index contributed by atoms with van der Waals surface area (Å²) in [4.78, 5) is 22.6. The second-order valence-corrected chi connectivity index (χ2v) is 5.54. The monoisotopic (exact) mass is 281 g/mol. The SMILES string of the molecule is CC1CN(c2ncnc3c2oc2ccccc23)CCC1=O. The lowest BCUT2D eigenvalue weighted by atomic mass is 9.99. The standard InChI is InChI=1S/C16H15N3O2/c1-10-8-19(7-6-12(10)20)16-15-14(17-9-18-16)11-4-2-3-5-13(11)21-15/h2-5,9-10H,6-8H2,1H3. The van der Waals surface area contributed by atoms with Crippen molar-refractivity contribution in [2.24, 2.45) is 5.92 Å². The number of hydrogen-bond acceptors (Lipinski definition) is 5. The summed E-state index contributed by atoms with van der Waals surface area (Å²) < 4.78 is 5.95. The van der Waals surface area contributed by atoms with Gasteiger partial charge < -0.3 is 9.32 Å². The molecule has 21 heavy (non-hydrogen) atoms. The number of aromatic nitrogens is 2. The van der Waals surface area contributed by atoms with Crippen LogP contribution < -0.4 is 4.90 Å². The largest absolute Gasteiger partial charge is 0.450 e. The lowest BCUT2D eigenvalue weighted by molar-refractivity contribution is -0.122. The number of piperidine rings is 1. The first kappa shape index (κ1) is 12.3. The normalized spacial score (nSPS) is 19.6. The quantitative estimate of drug-likeness (QED) is 0.686. The van der Waals surface area contributed by atoms with E-state index in [0.717, 1.165) is 22.3 Å². The van der Waals surface area contributed by atoms with Crippen molar-refractivity contribution in [1.29, 1.82) is 0 Å². The summed E-state index contributed by atoms with van der Waals surface area (Å²) >= 11 is 0. The number of ketones is 1. The van der Waals surface area contributed by atoms with E-state index in [1.165, 1.54) is 0 Å². The van der Waals surface area contributed by atoms with Gasteiger partial charge in [-0.3, -0.25) is 4.79 Å². The molecule has 3 heterocycles. The highest BCUT2D eigenvalue weighted by Crippen LogP contribution is 2.33. The molecule has 1 aliphatic heterocycles. The number of Topliss-reactive ketones (excluding diaryl/α,β-unsaturated/α-hetero) is 1. The van der Waals surface area contributed by atoms with Gasteiger partial charge in [0.05, 0.1) is 0 Å². The van der Waals surface area contributed by atoms with Crippen LogP contribution in [0.15, 0.2) is 35.0 Å². The molecule has 3 aromatic rings. The van der Waals surface area contributed by atoms with Crippen molar-refractivity contribution in [2.75, 3.05) is 18.0 Å². The van der Waals surface area contributed by atoms with Crippen molar-refractivity contribution in [3.63, 3.8) is 0 Å². The van der Waals surface area contributed by atoms with Crippen LogP contribution in [0.5, 0.6) is 0 Å². The van der Waals surface area contributed by atoms with Crippen molar-refractivity contribution in [1.82, 2.24) is 9.97 Å². The first-order chi connectivity index (χ1) is 10.2. The molecule has 5 nitrogen and oxygen atoms in total. The molecule has 0 aliphatic carbocycles. The van der Waals surface area contributed by atoms with E-state index < -0.39 is 0 Å². The maximum atomic E-state index is 11.7. The summed E-state index contributed by atoms with van der Waals surface area (Å²) in [5.41, 5.74) is 2.36. The summed E-state index contributed by atoms with van der Waals surface area (Å²) in [5, 5.41) is 0.997. The molecule has 5 heteroatoms. The first-order valence-electron chi connectivity index (χ1n) is 7.14. The molecule has 0 saturated carbocycles. The molecule has 1 saturated heterocycles. The smallest absolute Gasteiger partial charge is 0.196 e. The molecular weight excluding hydrogens is 266 g/mol. The number of nitrogens with zero attached hydrogens (tertiary/aromatic N) is 3. The van der Waals surface area contributed by atoms with E-state index in [4.69, 9.17) is 4.42 Å². The first-order valence-corrected chi connectivity index (χ1v) is 7.14. The van der Waals surface area contributed by atoms with Gasteiger partial charge >= 0.3 is 0 Å². The highest BCUT2D eigenvalue weighted by atomic mass is 16.3. The third-order valence-electron chi connectivity index (χ3n) is 4.11. The average Bonchev–Trinajstić information content (AvgIpc) is 2.89. The van der Waals surface area contributed by atoms with Crippen molar-refractivity contribution >= 4 is 33.7 Å². The summed E-state index contributed by atoms with van der Waals surface area (Å²) in [6, 6.07) is 7.85. The fraction of sp³-hybridized carbons (Fsp3) is 0.312. The van der Waals surface area contributed by atoms with Gasteiger partial charge in [-0.2, -0.15) is 0 Å². The summed E-state index contributed by atoms with van der Waals surface area (Å²) in [7, 11) is 0. The second kappa shape index (κ2) is 4.55. The molecule has 4 rings (SSSR count). The van der Waals surface area contributed by atoms with Crippen molar-refractivity contribution < 1.29 is 9.21 Å². The lowest BCUT2D eigenvalue weighted by Gasteiger charge is -2.30. The number of rotatable bonds is 1. The van der Waals surface area contributed by atoms with Gasteiger partial charge in [0.1, 0.15) is 23.2 Å². The Morgan fingerprint density at radius 2 is 2.14 bits per heavy atom. The van der Waals surface area contributed by atoms with E-state index >= 15 is 0 Å². The van der Waals surface area contributed by atoms with Crippen molar-refractivity contribution in [3.05, 3.63) is 30.6 Å². The summed E-state index contributed by atoms with van der Waals surface area (Å²) in [6.45, 7) is 3.33. The fourth-order valence-corrected chi connectivity index (χ4v) is 2.94. The van der Waals surface area contributed by atoms with E-state index in [0.29, 0.717) is 30.9 Å². The summed E-state index contributed by atoms with van der Waals surface area (Å²) in [6.07, 6.45) is 2.13. The molecule has 1 unspecified atom stereocenters. The Kier molecular flexibility index (Phi) is 2.67. The van der Waals surface area contributed by atoms with Crippen LogP contribution >= 0.6 is 0 Å². The van der Waals surface area contributed by atoms with Gasteiger partial charge in [0.25, 0.3) is 0 Å². The average molecular weight is 281 g/mol. The Balaban J connectivity index is 1.87. The third kappa shape index (κ3) is 1.88. The van der Waals surface area contributed by atoms with Crippen LogP contribution in [0.4, 0.5) is 5.82 Å². The van der Waals surface area contributed by atoms with Gasteiger partial charge in [0.2, 0.25) is 0 Å². The minimum atomic E-state index is 0.0353. The third-order valence-corrected chi connectivity index (χ3v) is 4.11. The van der Waals surface area contributed by atoms with E-state index in [-0.39, 0.29) is 5.92 Å². The van der Waals surface area contributed by atoms with Crippen LogP contribution in [0, 0.1) is 5.92 Å². The predicted octanol–water partition coefficient (Wildman–Crippen LogP) is 2.79. The molecule has 0 amide bonds. The maximum absolute atomic E-state index is 11.7. The van der Waals surface area contributed by atoms with Gasteiger partial charge in [0.15, 0.2) is 11.4 Å². The van der Waals surface area contributed by atoms with Crippen LogP contribution in [0.1, 0.15) is 13.3 Å². The molecule has 0 N–H and O–H groups in total. The zero-order valence-corrected chi connectivity index (χ0v) is 11.7. The van der Waals surface area contributed by atoms with E-state index in [2.05, 4.69) is 14.9 Å². The molecule has 1 aromatic carbocycles. The molecule has 0 radical (unpaired) electrons. The Morgan fingerprint density at radius 1 is 1.29 bits per heavy atom. The van der Waals surface area contributed by atoms with Crippen molar-refractivity contribution in [3.8, 4) is 0 Å². The Hall–Kier alpha value is -2.43. The topological polar surface area (TPSA) is 59.2 Å². The van der Waals surface area contributed by atoms with Gasteiger partial charge in [-0.25, -0.2) is 9.97 Å². The minimum absolute atomic E-state index is 0.0353. The zero-order valence-electron chi connectivity index (χ0n) is 11.7. The zero-order chi connectivity index (χ0) is 14.4. The Morgan fingerprint density at radius 3 is 3.00 bits per heavy atom. The van der Waals surface area contributed by atoms with Gasteiger partial charge in [0, 0.05) is 30.8 Å². The number of furan rings is 1. The van der Waals surface area contributed by atoms with Gasteiger partial charge in [-0.1, -0.05) is 19.1 Å². The van der Waals surface area contributed by atoms with Crippen molar-refractivity contribution in [2.45, 2.75) is 13.3 Å². The van der Waals surface area contributed by atoms with Gasteiger partial charge in [-0.05, 0) is 12.1 Å². The molecule has 1 aliphatic rings. The number of anilines is 1. The Bertz CT molecular complexity index is 840. The van der Waals surface area contributed by atoms with E-state index in [9.17, 15) is 4.79 Å². The molecule has 0 spiro atoms. The number of carbonyl (C=O) groups is 1. The van der Waals surface area contributed by atoms with Crippen LogP contribution in [0.2, 0.25) is 0 Å². The second-order valence-electron chi connectivity index (χ2n) is 5.54. The molecule has 1 fully saturated rings. The number of hydrogen-bond donors (Lipinski definition) is 0. The minimum Gasteiger partial charge on any atom is -0.450 e. The summed E-state index contributed by atoms with van der Waals surface area (Å²) in [5.74, 6) is 1.14. The maximum Gasteiger partial charge on any atom is 0.196 e. The number of benzene rings is 1. The van der Waals surface area contributed by atoms with E-state index in [1.807, 2.05) is 31.2 Å².